The summed E-state index contributed by atoms with van der Waals surface area (Å²) in [5, 5.41) is 3.60. The predicted molar refractivity (Wildman–Crippen MR) is 88.8 cm³/mol. The number of likely N-dealkylation sites (tertiary alicyclic amines) is 1. The summed E-state index contributed by atoms with van der Waals surface area (Å²) in [5.41, 5.74) is 1.98. The maximum absolute atomic E-state index is 12.9. The monoisotopic (exact) mass is 332 g/mol. The van der Waals surface area contributed by atoms with Crippen LogP contribution in [0.1, 0.15) is 30.0 Å². The van der Waals surface area contributed by atoms with Crippen LogP contribution in [0, 0.1) is 5.82 Å². The average Bonchev–Trinajstić information content (AvgIpc) is 3.04. The average molecular weight is 333 g/mol. The summed E-state index contributed by atoms with van der Waals surface area (Å²) in [5.74, 6) is -0.276. The lowest BCUT2D eigenvalue weighted by atomic mass is 10.1. The van der Waals surface area contributed by atoms with Crippen LogP contribution in [0.2, 0.25) is 5.02 Å². The molecule has 2 aromatic rings. The molecule has 0 radical (unpaired) electrons. The molecule has 2 amide bonds. The molecule has 5 heteroatoms. The molecule has 2 aromatic carbocycles. The number of nitrogens with one attached hydrogen (secondary N) is 1. The van der Waals surface area contributed by atoms with Crippen molar-refractivity contribution in [2.24, 2.45) is 0 Å². The van der Waals surface area contributed by atoms with Gasteiger partial charge in [0.15, 0.2) is 0 Å². The quantitative estimate of drug-likeness (QED) is 0.880. The largest absolute Gasteiger partial charge is 0.334 e. The molecular weight excluding hydrogens is 315 g/mol. The molecule has 0 bridgehead atoms. The van der Waals surface area contributed by atoms with E-state index in [4.69, 9.17) is 11.6 Å². The van der Waals surface area contributed by atoms with Crippen LogP contribution in [-0.4, -0.2) is 17.5 Å². The Hall–Kier alpha value is -2.07. The van der Waals surface area contributed by atoms with Crippen LogP contribution in [0.5, 0.6) is 0 Å². The first-order valence-electron chi connectivity index (χ1n) is 7.68. The highest BCUT2D eigenvalue weighted by atomic mass is 35.5. The van der Waals surface area contributed by atoms with Crippen molar-refractivity contribution in [1.29, 1.82) is 0 Å². The molecule has 23 heavy (non-hydrogen) atoms. The molecule has 1 N–H and O–H groups in total. The zero-order valence-electron chi connectivity index (χ0n) is 12.6. The fourth-order valence-corrected chi connectivity index (χ4v) is 3.05. The van der Waals surface area contributed by atoms with Crippen LogP contribution in [0.25, 0.3) is 0 Å². The van der Waals surface area contributed by atoms with Crippen LogP contribution in [-0.2, 0) is 6.54 Å². The Kier molecular flexibility index (Phi) is 4.82. The third-order valence-corrected chi connectivity index (χ3v) is 4.38. The Morgan fingerprint density at radius 1 is 1.17 bits per heavy atom. The number of halogens is 2. The summed E-state index contributed by atoms with van der Waals surface area (Å²) >= 11 is 5.93. The number of amides is 2. The second-order valence-corrected chi connectivity index (χ2v) is 6.12. The van der Waals surface area contributed by atoms with Crippen molar-refractivity contribution in [3.05, 3.63) is 70.5 Å². The van der Waals surface area contributed by atoms with Crippen LogP contribution in [0.15, 0.2) is 48.5 Å². The van der Waals surface area contributed by atoms with Crippen molar-refractivity contribution in [3.63, 3.8) is 0 Å². The highest BCUT2D eigenvalue weighted by Crippen LogP contribution is 2.32. The molecule has 3 nitrogen and oxygen atoms in total. The number of nitrogens with zero attached hydrogens (tertiary/aromatic N) is 1. The van der Waals surface area contributed by atoms with E-state index < -0.39 is 0 Å². The van der Waals surface area contributed by atoms with Crippen LogP contribution < -0.4 is 5.32 Å². The van der Waals surface area contributed by atoms with Crippen LogP contribution in [0.3, 0.4) is 0 Å². The number of carbonyl (C=O) groups excluding carboxylic acids is 1. The first-order chi connectivity index (χ1) is 11.1. The third-order valence-electron chi connectivity index (χ3n) is 4.13. The number of urea groups is 1. The number of carbonyl (C=O) groups is 1. The van der Waals surface area contributed by atoms with Crippen molar-refractivity contribution in [2.45, 2.75) is 25.4 Å². The first-order valence-corrected chi connectivity index (χ1v) is 8.05. The zero-order valence-corrected chi connectivity index (χ0v) is 13.4. The number of hydrogen-bond donors (Lipinski definition) is 1. The van der Waals surface area contributed by atoms with E-state index in [2.05, 4.69) is 5.32 Å². The van der Waals surface area contributed by atoms with Gasteiger partial charge in [-0.05, 0) is 48.2 Å². The van der Waals surface area contributed by atoms with E-state index in [1.54, 1.807) is 12.1 Å². The summed E-state index contributed by atoms with van der Waals surface area (Å²) in [6.45, 7) is 1.13. The lowest BCUT2D eigenvalue weighted by molar-refractivity contribution is 0.192. The van der Waals surface area contributed by atoms with Crippen LogP contribution in [0.4, 0.5) is 9.18 Å². The fourth-order valence-electron chi connectivity index (χ4n) is 2.92. The van der Waals surface area contributed by atoms with E-state index in [0.717, 1.165) is 30.5 Å². The van der Waals surface area contributed by atoms with Gasteiger partial charge in [0.1, 0.15) is 5.82 Å². The third kappa shape index (κ3) is 3.82. The summed E-state index contributed by atoms with van der Waals surface area (Å²) < 4.78 is 12.9. The Morgan fingerprint density at radius 2 is 1.87 bits per heavy atom. The highest BCUT2D eigenvalue weighted by Gasteiger charge is 2.29. The normalized spacial score (nSPS) is 17.3. The standard InChI is InChI=1S/C18H18ClFN2O/c19-15-7-5-14(6-8-15)17-2-1-11-22(17)18(23)21-12-13-3-9-16(20)10-4-13/h3-10,17H,1-2,11-12H2,(H,21,23)/t17-/m1/s1. The molecule has 0 spiro atoms. The zero-order chi connectivity index (χ0) is 16.2. The van der Waals surface area contributed by atoms with E-state index in [0.29, 0.717) is 11.6 Å². The SMILES string of the molecule is O=C(NCc1ccc(F)cc1)N1CCC[C@@H]1c1ccc(Cl)cc1. The highest BCUT2D eigenvalue weighted by molar-refractivity contribution is 6.30. The molecule has 1 saturated heterocycles. The minimum Gasteiger partial charge on any atom is -0.334 e. The molecule has 1 aliphatic rings. The van der Waals surface area contributed by atoms with Gasteiger partial charge in [0, 0.05) is 18.1 Å². The first kappa shape index (κ1) is 15.8. The fraction of sp³-hybridized carbons (Fsp3) is 0.278. The second-order valence-electron chi connectivity index (χ2n) is 5.69. The van der Waals surface area contributed by atoms with Crippen molar-refractivity contribution in [1.82, 2.24) is 10.2 Å². The second kappa shape index (κ2) is 7.01. The van der Waals surface area contributed by atoms with Crippen molar-refractivity contribution in [3.8, 4) is 0 Å². The molecule has 1 atom stereocenters. The molecule has 0 unspecified atom stereocenters. The molecular formula is C18H18ClFN2O. The minimum absolute atomic E-state index is 0.0838. The molecule has 3 rings (SSSR count). The molecule has 0 aromatic heterocycles. The molecule has 120 valence electrons. The van der Waals surface area contributed by atoms with Crippen molar-refractivity contribution >= 4 is 17.6 Å². The van der Waals surface area contributed by atoms with E-state index in [9.17, 15) is 9.18 Å². The summed E-state index contributed by atoms with van der Waals surface area (Å²) in [6, 6.07) is 13.8. The van der Waals surface area contributed by atoms with E-state index >= 15 is 0 Å². The topological polar surface area (TPSA) is 32.3 Å². The Bertz CT molecular complexity index is 672. The molecule has 1 heterocycles. The van der Waals surface area contributed by atoms with Gasteiger partial charge < -0.3 is 10.2 Å². The Morgan fingerprint density at radius 3 is 2.57 bits per heavy atom. The lowest BCUT2D eigenvalue weighted by Gasteiger charge is -2.25. The van der Waals surface area contributed by atoms with Gasteiger partial charge in [-0.1, -0.05) is 35.9 Å². The lowest BCUT2D eigenvalue weighted by Crippen LogP contribution is -2.39. The maximum Gasteiger partial charge on any atom is 0.318 e. The summed E-state index contributed by atoms with van der Waals surface area (Å²) in [7, 11) is 0. The number of benzene rings is 2. The summed E-state index contributed by atoms with van der Waals surface area (Å²) in [4.78, 5) is 14.3. The number of rotatable bonds is 3. The van der Waals surface area contributed by atoms with Crippen molar-refractivity contribution < 1.29 is 9.18 Å². The maximum atomic E-state index is 12.9. The summed E-state index contributed by atoms with van der Waals surface area (Å²) in [6.07, 6.45) is 1.93. The number of hydrogen-bond acceptors (Lipinski definition) is 1. The van der Waals surface area contributed by atoms with Gasteiger partial charge in [0.05, 0.1) is 6.04 Å². The molecule has 0 aliphatic carbocycles. The Labute approximate surface area is 140 Å². The van der Waals surface area contributed by atoms with Crippen molar-refractivity contribution in [2.75, 3.05) is 6.54 Å². The minimum atomic E-state index is -0.276. The van der Waals surface area contributed by atoms with E-state index in [-0.39, 0.29) is 17.9 Å². The molecule has 0 saturated carbocycles. The van der Waals surface area contributed by atoms with Gasteiger partial charge >= 0.3 is 6.03 Å². The van der Waals surface area contributed by atoms with Gasteiger partial charge in [0.2, 0.25) is 0 Å². The molecule has 1 aliphatic heterocycles. The van der Waals surface area contributed by atoms with Gasteiger partial charge in [0.25, 0.3) is 0 Å². The van der Waals surface area contributed by atoms with Crippen LogP contribution >= 0.6 is 11.6 Å². The predicted octanol–water partition coefficient (Wildman–Crippen LogP) is 4.53. The van der Waals surface area contributed by atoms with E-state index in [1.165, 1.54) is 12.1 Å². The van der Waals surface area contributed by atoms with Gasteiger partial charge in [-0.3, -0.25) is 0 Å². The Balaban J connectivity index is 1.63. The van der Waals surface area contributed by atoms with Gasteiger partial charge in [-0.25, -0.2) is 9.18 Å². The smallest absolute Gasteiger partial charge is 0.318 e. The van der Waals surface area contributed by atoms with Gasteiger partial charge in [-0.2, -0.15) is 0 Å². The molecule has 1 fully saturated rings. The van der Waals surface area contributed by atoms with E-state index in [1.807, 2.05) is 29.2 Å². The van der Waals surface area contributed by atoms with Gasteiger partial charge in [-0.15, -0.1) is 0 Å².